The summed E-state index contributed by atoms with van der Waals surface area (Å²) in [6.45, 7) is 2.44. The minimum atomic E-state index is -0.736. The van der Waals surface area contributed by atoms with Gasteiger partial charge in [0.2, 0.25) is 0 Å². The van der Waals surface area contributed by atoms with Crippen LogP contribution in [0.3, 0.4) is 0 Å². The Morgan fingerprint density at radius 1 is 1.38 bits per heavy atom. The highest BCUT2D eigenvalue weighted by molar-refractivity contribution is 5.99. The van der Waals surface area contributed by atoms with Gasteiger partial charge in [-0.05, 0) is 12.1 Å². The first-order chi connectivity index (χ1) is 7.70. The van der Waals surface area contributed by atoms with Crippen LogP contribution in [0.4, 0.5) is 10.1 Å². The van der Waals surface area contributed by atoms with Gasteiger partial charge in [0.25, 0.3) is 5.91 Å². The molecule has 0 bridgehead atoms. The minimum absolute atomic E-state index is 0.0376. The normalized spacial score (nSPS) is 16.2. The topological polar surface area (TPSA) is 55.6 Å². The van der Waals surface area contributed by atoms with E-state index in [0.29, 0.717) is 32.0 Å². The predicted octanol–water partition coefficient (Wildman–Crippen LogP) is 0.761. The summed E-state index contributed by atoms with van der Waals surface area (Å²) in [5.41, 5.74) is 5.70. The molecule has 2 N–H and O–H groups in total. The highest BCUT2D eigenvalue weighted by Crippen LogP contribution is 2.23. The third kappa shape index (κ3) is 1.99. The van der Waals surface area contributed by atoms with Crippen molar-refractivity contribution in [2.24, 2.45) is 5.73 Å². The van der Waals surface area contributed by atoms with Crippen molar-refractivity contribution in [1.82, 2.24) is 0 Å². The molecule has 1 aromatic rings. The molecule has 0 atom stereocenters. The number of amides is 1. The van der Waals surface area contributed by atoms with Gasteiger partial charge in [-0.15, -0.1) is 0 Å². The number of primary amides is 1. The van der Waals surface area contributed by atoms with Crippen molar-refractivity contribution in [3.63, 3.8) is 0 Å². The number of halogens is 1. The first-order valence-corrected chi connectivity index (χ1v) is 5.11. The second-order valence-electron chi connectivity index (χ2n) is 3.60. The Hall–Kier alpha value is -1.62. The van der Waals surface area contributed by atoms with E-state index < -0.39 is 11.7 Å². The van der Waals surface area contributed by atoms with Crippen LogP contribution in [0.25, 0.3) is 0 Å². The Balaban J connectivity index is 2.38. The molecule has 1 aliphatic heterocycles. The van der Waals surface area contributed by atoms with Gasteiger partial charge in [-0.1, -0.05) is 6.07 Å². The maximum atomic E-state index is 13.5. The number of hydrogen-bond donors (Lipinski definition) is 1. The van der Waals surface area contributed by atoms with Crippen LogP contribution in [0.15, 0.2) is 18.2 Å². The number of morpholine rings is 1. The highest BCUT2D eigenvalue weighted by atomic mass is 19.1. The monoisotopic (exact) mass is 224 g/mol. The molecule has 1 amide bonds. The largest absolute Gasteiger partial charge is 0.378 e. The average molecular weight is 224 g/mol. The van der Waals surface area contributed by atoms with Crippen molar-refractivity contribution in [3.8, 4) is 0 Å². The second kappa shape index (κ2) is 4.49. The zero-order valence-corrected chi connectivity index (χ0v) is 8.78. The minimum Gasteiger partial charge on any atom is -0.378 e. The number of benzene rings is 1. The predicted molar refractivity (Wildman–Crippen MR) is 57.9 cm³/mol. The summed E-state index contributed by atoms with van der Waals surface area (Å²) >= 11 is 0. The van der Waals surface area contributed by atoms with Crippen LogP contribution in [-0.4, -0.2) is 32.2 Å². The summed E-state index contributed by atoms with van der Waals surface area (Å²) < 4.78 is 18.7. The smallest absolute Gasteiger partial charge is 0.253 e. The van der Waals surface area contributed by atoms with E-state index in [1.807, 2.05) is 4.90 Å². The summed E-state index contributed by atoms with van der Waals surface area (Å²) in [6.07, 6.45) is 0. The molecule has 0 spiro atoms. The second-order valence-corrected chi connectivity index (χ2v) is 3.60. The molecule has 2 rings (SSSR count). The van der Waals surface area contributed by atoms with Crippen molar-refractivity contribution in [2.75, 3.05) is 31.2 Å². The van der Waals surface area contributed by atoms with Crippen molar-refractivity contribution in [1.29, 1.82) is 0 Å². The fraction of sp³-hybridized carbons (Fsp3) is 0.364. The lowest BCUT2D eigenvalue weighted by Crippen LogP contribution is -2.37. The molecule has 86 valence electrons. The summed E-state index contributed by atoms with van der Waals surface area (Å²) in [6, 6.07) is 4.52. The first-order valence-electron chi connectivity index (χ1n) is 5.11. The standard InChI is InChI=1S/C11H13FN2O2/c12-8-2-1-3-9(10(8)11(13)15)14-4-6-16-7-5-14/h1-3H,4-7H2,(H2,13,15). The van der Waals surface area contributed by atoms with Crippen molar-refractivity contribution in [3.05, 3.63) is 29.6 Å². The lowest BCUT2D eigenvalue weighted by Gasteiger charge is -2.30. The molecule has 1 fully saturated rings. The molecule has 1 aliphatic rings. The average Bonchev–Trinajstić information content (AvgIpc) is 2.29. The zero-order valence-electron chi connectivity index (χ0n) is 8.78. The van der Waals surface area contributed by atoms with Gasteiger partial charge in [0.15, 0.2) is 0 Å². The van der Waals surface area contributed by atoms with Gasteiger partial charge >= 0.3 is 0 Å². The Morgan fingerprint density at radius 2 is 2.06 bits per heavy atom. The lowest BCUT2D eigenvalue weighted by atomic mass is 10.1. The van der Waals surface area contributed by atoms with Crippen LogP contribution in [-0.2, 0) is 4.74 Å². The van der Waals surface area contributed by atoms with E-state index in [0.717, 1.165) is 0 Å². The SMILES string of the molecule is NC(=O)c1c(F)cccc1N1CCOCC1. The highest BCUT2D eigenvalue weighted by Gasteiger charge is 2.20. The van der Waals surface area contributed by atoms with Crippen molar-refractivity contribution in [2.45, 2.75) is 0 Å². The van der Waals surface area contributed by atoms with Gasteiger partial charge in [-0.3, -0.25) is 4.79 Å². The van der Waals surface area contributed by atoms with Crippen molar-refractivity contribution < 1.29 is 13.9 Å². The number of carbonyl (C=O) groups excluding carboxylic acids is 1. The van der Waals surface area contributed by atoms with Gasteiger partial charge in [0.05, 0.1) is 24.5 Å². The third-order valence-electron chi connectivity index (χ3n) is 2.59. The lowest BCUT2D eigenvalue weighted by molar-refractivity contribution is 0.0994. The number of anilines is 1. The summed E-state index contributed by atoms with van der Waals surface area (Å²) in [4.78, 5) is 13.1. The number of nitrogens with zero attached hydrogens (tertiary/aromatic N) is 1. The number of carbonyl (C=O) groups is 1. The quantitative estimate of drug-likeness (QED) is 0.807. The van der Waals surface area contributed by atoms with Crippen LogP contribution >= 0.6 is 0 Å². The summed E-state index contributed by atoms with van der Waals surface area (Å²) in [7, 11) is 0. The Kier molecular flexibility index (Phi) is 3.05. The molecule has 4 nitrogen and oxygen atoms in total. The molecule has 0 aliphatic carbocycles. The van der Waals surface area contributed by atoms with E-state index in [2.05, 4.69) is 0 Å². The Morgan fingerprint density at radius 3 is 2.69 bits per heavy atom. The summed E-state index contributed by atoms with van der Waals surface area (Å²) in [5, 5.41) is 0. The van der Waals surface area contributed by atoms with Crippen LogP contribution in [0.1, 0.15) is 10.4 Å². The van der Waals surface area contributed by atoms with Gasteiger partial charge < -0.3 is 15.4 Å². The van der Waals surface area contributed by atoms with Gasteiger partial charge in [0, 0.05) is 13.1 Å². The first kappa shape index (κ1) is 10.9. The van der Waals surface area contributed by atoms with Gasteiger partial charge in [0.1, 0.15) is 5.82 Å². The Labute approximate surface area is 92.8 Å². The van der Waals surface area contributed by atoms with E-state index in [1.165, 1.54) is 6.07 Å². The molecule has 16 heavy (non-hydrogen) atoms. The Bertz CT molecular complexity index is 403. The van der Waals surface area contributed by atoms with Gasteiger partial charge in [-0.25, -0.2) is 4.39 Å². The molecular weight excluding hydrogens is 211 g/mol. The molecule has 0 aromatic heterocycles. The maximum Gasteiger partial charge on any atom is 0.253 e. The van der Waals surface area contributed by atoms with E-state index in [-0.39, 0.29) is 5.56 Å². The van der Waals surface area contributed by atoms with E-state index >= 15 is 0 Å². The van der Waals surface area contributed by atoms with E-state index in [9.17, 15) is 9.18 Å². The fourth-order valence-electron chi connectivity index (χ4n) is 1.82. The van der Waals surface area contributed by atoms with Crippen LogP contribution in [0, 0.1) is 5.82 Å². The molecule has 0 unspecified atom stereocenters. The van der Waals surface area contributed by atoms with Crippen LogP contribution < -0.4 is 10.6 Å². The van der Waals surface area contributed by atoms with Gasteiger partial charge in [-0.2, -0.15) is 0 Å². The maximum absolute atomic E-state index is 13.5. The van der Waals surface area contributed by atoms with E-state index in [1.54, 1.807) is 12.1 Å². The van der Waals surface area contributed by atoms with Crippen molar-refractivity contribution >= 4 is 11.6 Å². The summed E-state index contributed by atoms with van der Waals surface area (Å²) in [5.74, 6) is -1.31. The van der Waals surface area contributed by atoms with Crippen LogP contribution in [0.2, 0.25) is 0 Å². The third-order valence-corrected chi connectivity index (χ3v) is 2.59. The fourth-order valence-corrected chi connectivity index (χ4v) is 1.82. The van der Waals surface area contributed by atoms with E-state index in [4.69, 9.17) is 10.5 Å². The number of ether oxygens (including phenoxy) is 1. The van der Waals surface area contributed by atoms with Crippen LogP contribution in [0.5, 0.6) is 0 Å². The number of rotatable bonds is 2. The zero-order chi connectivity index (χ0) is 11.5. The molecule has 1 heterocycles. The molecule has 0 radical (unpaired) electrons. The number of nitrogens with two attached hydrogens (primary N) is 1. The molecule has 1 saturated heterocycles. The molecule has 1 aromatic carbocycles. The number of hydrogen-bond acceptors (Lipinski definition) is 3. The molecule has 5 heteroatoms. The molecule has 0 saturated carbocycles. The molecular formula is C11H13FN2O2.